The summed E-state index contributed by atoms with van der Waals surface area (Å²) in [5.74, 6) is 0.347. The van der Waals surface area contributed by atoms with Crippen molar-refractivity contribution in [2.45, 2.75) is 18.8 Å². The van der Waals surface area contributed by atoms with Crippen LogP contribution in [-0.4, -0.2) is 23.1 Å². The van der Waals surface area contributed by atoms with Crippen LogP contribution in [0.4, 0.5) is 10.1 Å². The highest BCUT2D eigenvalue weighted by atomic mass is 19.1. The Morgan fingerprint density at radius 3 is 2.82 bits per heavy atom. The van der Waals surface area contributed by atoms with Crippen LogP contribution >= 0.6 is 0 Å². The van der Waals surface area contributed by atoms with Crippen LogP contribution in [-0.2, 0) is 0 Å². The number of hydrogen-bond donors (Lipinski definition) is 1. The van der Waals surface area contributed by atoms with Crippen molar-refractivity contribution in [2.75, 3.05) is 18.0 Å². The van der Waals surface area contributed by atoms with Crippen molar-refractivity contribution in [1.82, 2.24) is 9.97 Å². The number of pyridine rings is 1. The van der Waals surface area contributed by atoms with Crippen LogP contribution in [0.25, 0.3) is 10.9 Å². The summed E-state index contributed by atoms with van der Waals surface area (Å²) in [5, 5.41) is 1.15. The highest BCUT2D eigenvalue weighted by Gasteiger charge is 2.23. The molecule has 3 aromatic rings. The maximum Gasteiger partial charge on any atom is 0.125 e. The Morgan fingerprint density at radius 2 is 2.05 bits per heavy atom. The van der Waals surface area contributed by atoms with Gasteiger partial charge in [0.1, 0.15) is 5.82 Å². The molecule has 2 aromatic heterocycles. The van der Waals surface area contributed by atoms with Crippen LogP contribution in [0.5, 0.6) is 0 Å². The molecular weight excluding hydrogens is 277 g/mol. The molecule has 3 nitrogen and oxygen atoms in total. The standard InChI is InChI=1S/C18H18FN3/c19-14-3-4-16-17(12-21-18(16)10-14)13-5-8-22(9-6-13)15-2-1-7-20-11-15/h1-4,7,10-13,21H,5-6,8-9H2. The molecule has 0 atom stereocenters. The molecule has 0 bridgehead atoms. The zero-order valence-corrected chi connectivity index (χ0v) is 12.3. The predicted octanol–water partition coefficient (Wildman–Crippen LogP) is 4.09. The third-order valence-electron chi connectivity index (χ3n) is 4.62. The molecule has 0 aliphatic carbocycles. The Bertz CT molecular complexity index is 773. The molecule has 112 valence electrons. The van der Waals surface area contributed by atoms with Crippen molar-refractivity contribution in [3.05, 3.63) is 60.3 Å². The number of piperidine rings is 1. The molecule has 4 heteroatoms. The van der Waals surface area contributed by atoms with Crippen molar-refractivity contribution in [1.29, 1.82) is 0 Å². The summed E-state index contributed by atoms with van der Waals surface area (Å²) in [6.07, 6.45) is 8.00. The van der Waals surface area contributed by atoms with Gasteiger partial charge < -0.3 is 9.88 Å². The molecule has 0 amide bonds. The summed E-state index contributed by atoms with van der Waals surface area (Å²) in [7, 11) is 0. The largest absolute Gasteiger partial charge is 0.370 e. The van der Waals surface area contributed by atoms with Crippen molar-refractivity contribution in [3.63, 3.8) is 0 Å². The number of aromatic nitrogens is 2. The van der Waals surface area contributed by atoms with Crippen LogP contribution in [0.1, 0.15) is 24.3 Å². The lowest BCUT2D eigenvalue weighted by Gasteiger charge is -2.33. The molecule has 22 heavy (non-hydrogen) atoms. The van der Waals surface area contributed by atoms with E-state index in [0.29, 0.717) is 5.92 Å². The second-order valence-corrected chi connectivity index (χ2v) is 5.91. The van der Waals surface area contributed by atoms with Crippen LogP contribution in [0.2, 0.25) is 0 Å². The number of anilines is 1. The minimum absolute atomic E-state index is 0.188. The minimum atomic E-state index is -0.188. The lowest BCUT2D eigenvalue weighted by atomic mass is 9.89. The number of rotatable bonds is 2. The molecule has 1 aromatic carbocycles. The van der Waals surface area contributed by atoms with Crippen molar-refractivity contribution < 1.29 is 4.39 Å². The Hall–Kier alpha value is -2.36. The molecule has 0 radical (unpaired) electrons. The lowest BCUT2D eigenvalue weighted by molar-refractivity contribution is 0.507. The van der Waals surface area contributed by atoms with Crippen LogP contribution < -0.4 is 4.90 Å². The molecule has 1 aliphatic heterocycles. The molecule has 0 unspecified atom stereocenters. The molecule has 0 spiro atoms. The highest BCUT2D eigenvalue weighted by molar-refractivity contribution is 5.83. The van der Waals surface area contributed by atoms with Gasteiger partial charge in [-0.1, -0.05) is 0 Å². The zero-order chi connectivity index (χ0) is 14.9. The van der Waals surface area contributed by atoms with Gasteiger partial charge in [-0.3, -0.25) is 4.98 Å². The van der Waals surface area contributed by atoms with E-state index in [0.717, 1.165) is 36.8 Å². The first kappa shape index (κ1) is 13.3. The molecule has 0 saturated carbocycles. The normalized spacial score (nSPS) is 16.3. The van der Waals surface area contributed by atoms with Gasteiger partial charge in [0.2, 0.25) is 0 Å². The van der Waals surface area contributed by atoms with Crippen molar-refractivity contribution in [3.8, 4) is 0 Å². The van der Waals surface area contributed by atoms with Crippen molar-refractivity contribution >= 4 is 16.6 Å². The summed E-state index contributed by atoms with van der Waals surface area (Å²) < 4.78 is 13.3. The van der Waals surface area contributed by atoms with Gasteiger partial charge in [-0.15, -0.1) is 0 Å². The fourth-order valence-electron chi connectivity index (χ4n) is 3.45. The maximum absolute atomic E-state index is 13.3. The number of nitrogens with one attached hydrogen (secondary N) is 1. The molecule has 1 N–H and O–H groups in total. The number of halogens is 1. The van der Waals surface area contributed by atoms with E-state index in [-0.39, 0.29) is 5.82 Å². The number of aromatic amines is 1. The number of hydrogen-bond acceptors (Lipinski definition) is 2. The Labute approximate surface area is 128 Å². The summed E-state index contributed by atoms with van der Waals surface area (Å²) in [4.78, 5) is 9.79. The summed E-state index contributed by atoms with van der Waals surface area (Å²) in [6, 6.07) is 9.11. The van der Waals surface area contributed by atoms with Crippen LogP contribution in [0.15, 0.2) is 48.9 Å². The second kappa shape index (κ2) is 5.44. The van der Waals surface area contributed by atoms with Gasteiger partial charge >= 0.3 is 0 Å². The first-order valence-electron chi connectivity index (χ1n) is 7.73. The van der Waals surface area contributed by atoms with E-state index in [9.17, 15) is 4.39 Å². The first-order valence-corrected chi connectivity index (χ1v) is 7.73. The third kappa shape index (κ3) is 2.34. The molecular formula is C18H18FN3. The monoisotopic (exact) mass is 295 g/mol. The van der Waals surface area contributed by atoms with Crippen LogP contribution in [0, 0.1) is 5.82 Å². The van der Waals surface area contributed by atoms with Gasteiger partial charge in [0, 0.05) is 36.4 Å². The molecule has 1 aliphatic rings. The third-order valence-corrected chi connectivity index (χ3v) is 4.62. The van der Waals surface area contributed by atoms with E-state index in [1.807, 2.05) is 18.3 Å². The van der Waals surface area contributed by atoms with Gasteiger partial charge in [-0.25, -0.2) is 4.39 Å². The van der Waals surface area contributed by atoms with Gasteiger partial charge in [0.15, 0.2) is 0 Å². The van der Waals surface area contributed by atoms with Gasteiger partial charge in [0.25, 0.3) is 0 Å². The SMILES string of the molecule is Fc1ccc2c(C3CCN(c4cccnc4)CC3)c[nH]c2c1. The van der Waals surface area contributed by atoms with E-state index in [1.54, 1.807) is 18.3 Å². The summed E-state index contributed by atoms with van der Waals surface area (Å²) >= 11 is 0. The summed E-state index contributed by atoms with van der Waals surface area (Å²) in [6.45, 7) is 2.06. The van der Waals surface area contributed by atoms with Gasteiger partial charge in [-0.05, 0) is 54.7 Å². The molecule has 3 heterocycles. The second-order valence-electron chi connectivity index (χ2n) is 5.91. The smallest absolute Gasteiger partial charge is 0.125 e. The summed E-state index contributed by atoms with van der Waals surface area (Å²) in [5.41, 5.74) is 3.41. The molecule has 1 fully saturated rings. The van der Waals surface area contributed by atoms with Gasteiger partial charge in [-0.2, -0.15) is 0 Å². The number of benzene rings is 1. The average Bonchev–Trinajstić information content (AvgIpc) is 2.99. The molecule has 1 saturated heterocycles. The van der Waals surface area contributed by atoms with Crippen molar-refractivity contribution in [2.24, 2.45) is 0 Å². The quantitative estimate of drug-likeness (QED) is 0.772. The van der Waals surface area contributed by atoms with Gasteiger partial charge in [0.05, 0.1) is 11.9 Å². The Morgan fingerprint density at radius 1 is 1.18 bits per heavy atom. The van der Waals surface area contributed by atoms with E-state index in [1.165, 1.54) is 11.3 Å². The van der Waals surface area contributed by atoms with Crippen LogP contribution in [0.3, 0.4) is 0 Å². The molecule has 4 rings (SSSR count). The Balaban J connectivity index is 1.53. The fourth-order valence-corrected chi connectivity index (χ4v) is 3.45. The number of H-pyrrole nitrogens is 1. The van der Waals surface area contributed by atoms with E-state index in [2.05, 4.69) is 27.1 Å². The fraction of sp³-hybridized carbons (Fsp3) is 0.278. The maximum atomic E-state index is 13.3. The van der Waals surface area contributed by atoms with E-state index < -0.39 is 0 Å². The minimum Gasteiger partial charge on any atom is -0.370 e. The highest BCUT2D eigenvalue weighted by Crippen LogP contribution is 2.34. The predicted molar refractivity (Wildman–Crippen MR) is 86.7 cm³/mol. The number of nitrogens with zero attached hydrogens (tertiary/aromatic N) is 2. The average molecular weight is 295 g/mol. The zero-order valence-electron chi connectivity index (χ0n) is 12.3. The lowest BCUT2D eigenvalue weighted by Crippen LogP contribution is -2.32. The van der Waals surface area contributed by atoms with E-state index >= 15 is 0 Å². The Kier molecular flexibility index (Phi) is 3.29. The van der Waals surface area contributed by atoms with E-state index in [4.69, 9.17) is 0 Å². The number of fused-ring (bicyclic) bond motifs is 1. The topological polar surface area (TPSA) is 31.9 Å². The first-order chi connectivity index (χ1) is 10.8.